The van der Waals surface area contributed by atoms with E-state index >= 15 is 0 Å². The molecular formula is C14H19N5O5. The summed E-state index contributed by atoms with van der Waals surface area (Å²) in [4.78, 5) is 25.7. The molecule has 0 unspecified atom stereocenters. The maximum absolute atomic E-state index is 12.0. The van der Waals surface area contributed by atoms with Crippen molar-refractivity contribution in [3.8, 4) is 0 Å². The smallest absolute Gasteiger partial charge is 0.330 e. The standard InChI is InChI=1S/C14H19N5O5/c1-8-4-19(14(22)15-13(8)21)12-3-10(11(6-20)24-12)23-7-9-5-18(2)17-16-9/h4-5,10-12,20H,3,6-7H2,1-2H3,(H,15,21,22)/t10-,11+,12+/m0/s1/i2-1. The highest BCUT2D eigenvalue weighted by Crippen LogP contribution is 2.30. The molecule has 0 bridgehead atoms. The summed E-state index contributed by atoms with van der Waals surface area (Å²) >= 11 is 0. The number of hydrogen-bond donors (Lipinski definition) is 2. The highest BCUT2D eigenvalue weighted by molar-refractivity contribution is 5.02. The first kappa shape index (κ1) is 16.6. The topological polar surface area (TPSA) is 124 Å². The van der Waals surface area contributed by atoms with Crippen molar-refractivity contribution < 1.29 is 14.6 Å². The third-order valence-electron chi connectivity index (χ3n) is 3.91. The van der Waals surface area contributed by atoms with Crippen LogP contribution in [0.5, 0.6) is 0 Å². The van der Waals surface area contributed by atoms with E-state index in [0.29, 0.717) is 17.7 Å². The molecule has 0 radical (unpaired) electrons. The van der Waals surface area contributed by atoms with E-state index < -0.39 is 29.7 Å². The number of rotatable bonds is 5. The summed E-state index contributed by atoms with van der Waals surface area (Å²) in [6.07, 6.45) is 1.98. The second-order valence-electron chi connectivity index (χ2n) is 5.76. The lowest BCUT2D eigenvalue weighted by Gasteiger charge is -2.15. The lowest BCUT2D eigenvalue weighted by atomic mass is 10.2. The molecule has 2 aromatic heterocycles. The molecule has 1 saturated heterocycles. The highest BCUT2D eigenvalue weighted by atomic mass is 16.6. The number of H-pyrrole nitrogens is 1. The van der Waals surface area contributed by atoms with Gasteiger partial charge in [-0.2, -0.15) is 0 Å². The number of ether oxygens (including phenoxy) is 2. The summed E-state index contributed by atoms with van der Waals surface area (Å²) in [6.45, 7) is 1.60. The molecule has 3 heterocycles. The van der Waals surface area contributed by atoms with Crippen molar-refractivity contribution in [1.82, 2.24) is 24.5 Å². The summed E-state index contributed by atoms with van der Waals surface area (Å²) in [7, 11) is 1.76. The number of hydrogen-bond acceptors (Lipinski definition) is 7. The Morgan fingerprint density at radius 1 is 1.46 bits per heavy atom. The molecule has 10 heteroatoms. The summed E-state index contributed by atoms with van der Waals surface area (Å²) in [6, 6.07) is 0. The first-order valence-electron chi connectivity index (χ1n) is 7.53. The van der Waals surface area contributed by atoms with Crippen LogP contribution in [0.2, 0.25) is 0 Å². The van der Waals surface area contributed by atoms with Crippen molar-refractivity contribution in [2.75, 3.05) is 6.61 Å². The van der Waals surface area contributed by atoms with Crippen LogP contribution in [0.3, 0.4) is 0 Å². The molecule has 24 heavy (non-hydrogen) atoms. The van der Waals surface area contributed by atoms with Gasteiger partial charge < -0.3 is 14.6 Å². The Kier molecular flexibility index (Phi) is 4.60. The molecule has 0 spiro atoms. The Morgan fingerprint density at radius 3 is 2.92 bits per heavy atom. The minimum absolute atomic E-state index is 0.227. The number of nitrogens with zero attached hydrogens (tertiary/aromatic N) is 4. The fourth-order valence-corrected chi connectivity index (χ4v) is 2.66. The van der Waals surface area contributed by atoms with Crippen molar-refractivity contribution in [2.45, 2.75) is 38.4 Å². The third kappa shape index (κ3) is 3.30. The zero-order chi connectivity index (χ0) is 17.3. The van der Waals surface area contributed by atoms with Gasteiger partial charge in [0, 0.05) is 25.2 Å². The number of aliphatic hydroxyl groups is 1. The SMILES string of the molecule is Cc1cn([C@H]2C[C@H](OCc3cn([11CH3])nn3)[C@@H](CO)O2)c(=O)[nH]c1=O. The Morgan fingerprint density at radius 2 is 2.25 bits per heavy atom. The molecule has 3 rings (SSSR count). The first-order valence-corrected chi connectivity index (χ1v) is 7.53. The third-order valence-corrected chi connectivity index (χ3v) is 3.91. The van der Waals surface area contributed by atoms with Gasteiger partial charge in [-0.05, 0) is 6.92 Å². The van der Waals surface area contributed by atoms with Gasteiger partial charge in [-0.3, -0.25) is 19.0 Å². The van der Waals surface area contributed by atoms with E-state index in [9.17, 15) is 14.7 Å². The number of nitrogens with one attached hydrogen (secondary N) is 1. The van der Waals surface area contributed by atoms with E-state index in [1.54, 1.807) is 24.9 Å². The molecule has 2 N–H and O–H groups in total. The van der Waals surface area contributed by atoms with Gasteiger partial charge in [-0.15, -0.1) is 5.10 Å². The van der Waals surface area contributed by atoms with Crippen molar-refractivity contribution in [2.24, 2.45) is 7.05 Å². The predicted octanol–water partition coefficient (Wildman–Crippen LogP) is -1.16. The fourth-order valence-electron chi connectivity index (χ4n) is 2.66. The monoisotopic (exact) mass is 336 g/mol. The summed E-state index contributed by atoms with van der Waals surface area (Å²) in [5, 5.41) is 17.2. The van der Waals surface area contributed by atoms with Crippen LogP contribution in [0, 0.1) is 6.92 Å². The van der Waals surface area contributed by atoms with Gasteiger partial charge in [0.15, 0.2) is 0 Å². The molecule has 1 aliphatic heterocycles. The number of aromatic nitrogens is 5. The summed E-state index contributed by atoms with van der Waals surface area (Å²) in [5.41, 5.74) is 0.0858. The van der Waals surface area contributed by atoms with Crippen LogP contribution < -0.4 is 11.2 Å². The fraction of sp³-hybridized carbons (Fsp3) is 0.571. The van der Waals surface area contributed by atoms with Gasteiger partial charge in [0.2, 0.25) is 0 Å². The molecule has 0 aromatic carbocycles. The average molecular weight is 336 g/mol. The Hall–Kier alpha value is -2.30. The molecule has 0 amide bonds. The number of aliphatic hydroxyl groups excluding tert-OH is 1. The zero-order valence-electron chi connectivity index (χ0n) is 13.4. The van der Waals surface area contributed by atoms with E-state index in [1.807, 2.05) is 0 Å². The van der Waals surface area contributed by atoms with Crippen LogP contribution in [0.1, 0.15) is 23.9 Å². The van der Waals surface area contributed by atoms with Gasteiger partial charge in [0.1, 0.15) is 18.0 Å². The lowest BCUT2D eigenvalue weighted by Crippen LogP contribution is -2.33. The van der Waals surface area contributed by atoms with Gasteiger partial charge in [-0.25, -0.2) is 4.79 Å². The molecule has 3 atom stereocenters. The number of aromatic amines is 1. The molecule has 130 valence electrons. The van der Waals surface area contributed by atoms with Crippen molar-refractivity contribution >= 4 is 0 Å². The van der Waals surface area contributed by atoms with E-state index in [0.717, 1.165) is 0 Å². The van der Waals surface area contributed by atoms with E-state index in [1.165, 1.54) is 10.8 Å². The minimum Gasteiger partial charge on any atom is -0.394 e. The Labute approximate surface area is 136 Å². The van der Waals surface area contributed by atoms with Crippen LogP contribution in [0.15, 0.2) is 22.0 Å². The van der Waals surface area contributed by atoms with Gasteiger partial charge in [0.25, 0.3) is 5.56 Å². The maximum Gasteiger partial charge on any atom is 0.330 e. The Bertz CT molecular complexity index is 825. The molecular weight excluding hydrogens is 317 g/mol. The van der Waals surface area contributed by atoms with Gasteiger partial charge in [0.05, 0.1) is 25.5 Å². The highest BCUT2D eigenvalue weighted by Gasteiger charge is 2.37. The molecule has 1 aliphatic rings. The summed E-state index contributed by atoms with van der Waals surface area (Å²) in [5.74, 6) is 0. The lowest BCUT2D eigenvalue weighted by molar-refractivity contribution is -0.0662. The van der Waals surface area contributed by atoms with Crippen LogP contribution in [-0.4, -0.2) is 48.5 Å². The van der Waals surface area contributed by atoms with E-state index in [4.69, 9.17) is 9.47 Å². The van der Waals surface area contributed by atoms with Crippen molar-refractivity contribution in [1.29, 1.82) is 0 Å². The quantitative estimate of drug-likeness (QED) is 0.705. The summed E-state index contributed by atoms with van der Waals surface area (Å²) < 4.78 is 14.3. The maximum atomic E-state index is 12.0. The van der Waals surface area contributed by atoms with Crippen LogP contribution in [0.25, 0.3) is 0 Å². The second kappa shape index (κ2) is 6.67. The molecule has 0 aliphatic carbocycles. The largest absolute Gasteiger partial charge is 0.394 e. The normalized spacial score (nSPS) is 23.7. The second-order valence-corrected chi connectivity index (χ2v) is 5.76. The number of aryl methyl sites for hydroxylation is 2. The molecule has 10 nitrogen and oxygen atoms in total. The first-order chi connectivity index (χ1) is 11.5. The van der Waals surface area contributed by atoms with E-state index in [2.05, 4.69) is 15.3 Å². The van der Waals surface area contributed by atoms with Crippen LogP contribution in [0.4, 0.5) is 0 Å². The van der Waals surface area contributed by atoms with Crippen molar-refractivity contribution in [3.05, 3.63) is 44.5 Å². The van der Waals surface area contributed by atoms with Crippen molar-refractivity contribution in [3.63, 3.8) is 0 Å². The zero-order valence-corrected chi connectivity index (χ0v) is 13.4. The van der Waals surface area contributed by atoms with E-state index in [-0.39, 0.29) is 13.2 Å². The molecule has 1 fully saturated rings. The van der Waals surface area contributed by atoms with Gasteiger partial charge in [-0.1, -0.05) is 5.21 Å². The molecule has 2 aromatic rings. The van der Waals surface area contributed by atoms with Crippen LogP contribution in [-0.2, 0) is 23.1 Å². The Balaban J connectivity index is 1.73. The van der Waals surface area contributed by atoms with Gasteiger partial charge >= 0.3 is 5.69 Å². The minimum atomic E-state index is -0.614. The molecule has 0 saturated carbocycles. The van der Waals surface area contributed by atoms with Crippen LogP contribution >= 0.6 is 0 Å². The predicted molar refractivity (Wildman–Crippen MR) is 81.3 cm³/mol. The average Bonchev–Trinajstić information content (AvgIpc) is 3.14.